The number of nitrogens with zero attached hydrogens (tertiary/aromatic N) is 8. The van der Waals surface area contributed by atoms with Crippen molar-refractivity contribution in [3.05, 3.63) is 11.2 Å². The van der Waals surface area contributed by atoms with Gasteiger partial charge in [0.15, 0.2) is 0 Å². The Balaban J connectivity index is 2.53. The maximum absolute atomic E-state index is 3.74. The van der Waals surface area contributed by atoms with E-state index < -0.39 is 0 Å². The third-order valence-electron chi connectivity index (χ3n) is 1.47. The van der Waals surface area contributed by atoms with E-state index in [4.69, 9.17) is 0 Å². The first kappa shape index (κ1) is 5.52. The van der Waals surface area contributed by atoms with Crippen molar-refractivity contribution in [1.29, 1.82) is 0 Å². The molecule has 3 heterocycles. The molecule has 2 aliphatic rings. The molecule has 3 rings (SSSR count). The summed E-state index contributed by atoms with van der Waals surface area (Å²) in [6.45, 7) is 0. The molecule has 0 fully saturated rings. The van der Waals surface area contributed by atoms with E-state index in [0.29, 0.717) is 11.2 Å². The summed E-state index contributed by atoms with van der Waals surface area (Å²) in [5.74, 6) is 0. The van der Waals surface area contributed by atoms with Crippen LogP contribution in [0, 0.1) is 0 Å². The first-order chi connectivity index (χ1) is 5.95. The van der Waals surface area contributed by atoms with E-state index >= 15 is 0 Å². The molecule has 1 aromatic rings. The highest BCUT2D eigenvalue weighted by Crippen LogP contribution is 1.85. The van der Waals surface area contributed by atoms with Crippen molar-refractivity contribution in [3.8, 4) is 0 Å². The van der Waals surface area contributed by atoms with Crippen molar-refractivity contribution in [2.24, 2.45) is 20.4 Å². The van der Waals surface area contributed by atoms with Crippen LogP contribution in [0.4, 0.5) is 0 Å². The molecule has 0 unspecified atom stereocenters. The van der Waals surface area contributed by atoms with E-state index in [-0.39, 0.29) is 0 Å². The van der Waals surface area contributed by atoms with Gasteiger partial charge in [-0.2, -0.15) is 4.68 Å². The SMILES string of the molecule is C1=NN=c2nnc3n2N1C=NN=3. The minimum absolute atomic E-state index is 0.405. The van der Waals surface area contributed by atoms with Gasteiger partial charge in [0.2, 0.25) is 0 Å². The summed E-state index contributed by atoms with van der Waals surface area (Å²) in [6.07, 6.45) is 3.00. The molecule has 1 aromatic heterocycles. The number of hydrogen-bond acceptors (Lipinski definition) is 7. The minimum atomic E-state index is 0.405. The molecule has 8 heteroatoms. The van der Waals surface area contributed by atoms with Gasteiger partial charge < -0.3 is 0 Å². The van der Waals surface area contributed by atoms with Crippen LogP contribution in [0.1, 0.15) is 0 Å². The van der Waals surface area contributed by atoms with E-state index in [2.05, 4.69) is 30.6 Å². The van der Waals surface area contributed by atoms with E-state index in [9.17, 15) is 0 Å². The largest absolute Gasteiger partial charge is 0.291 e. The van der Waals surface area contributed by atoms with Gasteiger partial charge in [0.05, 0.1) is 0 Å². The molecule has 58 valence electrons. The zero-order chi connectivity index (χ0) is 7.97. The van der Waals surface area contributed by atoms with Crippen LogP contribution in [0.25, 0.3) is 0 Å². The smallest absolute Gasteiger partial charge is 0.217 e. The Kier molecular flexibility index (Phi) is 0.793. The second-order valence-electron chi connectivity index (χ2n) is 2.15. The van der Waals surface area contributed by atoms with Crippen molar-refractivity contribution >= 4 is 12.7 Å². The first-order valence-corrected chi connectivity index (χ1v) is 3.17. The number of hydrogen-bond donors (Lipinski definition) is 0. The first-order valence-electron chi connectivity index (χ1n) is 3.17. The van der Waals surface area contributed by atoms with E-state index in [1.165, 1.54) is 12.7 Å². The molecule has 0 N–H and O–H groups in total. The van der Waals surface area contributed by atoms with Gasteiger partial charge >= 0.3 is 0 Å². The fourth-order valence-electron chi connectivity index (χ4n) is 0.989. The second kappa shape index (κ2) is 1.72. The molecular weight excluding hydrogens is 160 g/mol. The van der Waals surface area contributed by atoms with Crippen molar-refractivity contribution in [1.82, 2.24) is 14.9 Å². The highest BCUT2D eigenvalue weighted by molar-refractivity contribution is 5.90. The van der Waals surface area contributed by atoms with Gasteiger partial charge in [0.1, 0.15) is 12.7 Å². The lowest BCUT2D eigenvalue weighted by Gasteiger charge is -2.15. The molecule has 0 radical (unpaired) electrons. The van der Waals surface area contributed by atoms with Crippen LogP contribution in [-0.2, 0) is 0 Å². The fraction of sp³-hybridized carbons (Fsp3) is 0. The third-order valence-corrected chi connectivity index (χ3v) is 1.47. The highest BCUT2D eigenvalue weighted by atomic mass is 15.7. The topological polar surface area (TPSA) is 83.4 Å². The molecule has 0 amide bonds. The quantitative estimate of drug-likeness (QED) is 0.418. The maximum atomic E-state index is 3.74. The molecule has 2 aliphatic heterocycles. The van der Waals surface area contributed by atoms with Crippen LogP contribution in [0.2, 0.25) is 0 Å². The van der Waals surface area contributed by atoms with Gasteiger partial charge in [0.25, 0.3) is 11.2 Å². The molecule has 0 spiro atoms. The molecule has 0 aliphatic carbocycles. The number of aromatic nitrogens is 3. The summed E-state index contributed by atoms with van der Waals surface area (Å²) < 4.78 is 1.60. The molecule has 8 nitrogen and oxygen atoms in total. The van der Waals surface area contributed by atoms with Gasteiger partial charge in [0, 0.05) is 0 Å². The van der Waals surface area contributed by atoms with E-state index in [1.807, 2.05) is 0 Å². The lowest BCUT2D eigenvalue weighted by atomic mass is 10.9. The molecule has 0 atom stereocenters. The van der Waals surface area contributed by atoms with Crippen molar-refractivity contribution in [3.63, 3.8) is 0 Å². The Morgan fingerprint density at radius 2 is 1.50 bits per heavy atom. The molecule has 12 heavy (non-hydrogen) atoms. The van der Waals surface area contributed by atoms with Crippen molar-refractivity contribution in [2.45, 2.75) is 0 Å². The summed E-state index contributed by atoms with van der Waals surface area (Å²) in [7, 11) is 0. The van der Waals surface area contributed by atoms with E-state index in [1.54, 1.807) is 9.69 Å². The zero-order valence-corrected chi connectivity index (χ0v) is 5.73. The van der Waals surface area contributed by atoms with Crippen LogP contribution in [0.15, 0.2) is 20.4 Å². The average molecular weight is 162 g/mol. The van der Waals surface area contributed by atoms with Crippen LogP contribution in [0.5, 0.6) is 0 Å². The Labute approximate surface area is 65.2 Å². The van der Waals surface area contributed by atoms with Gasteiger partial charge in [-0.15, -0.1) is 30.6 Å². The lowest BCUT2D eigenvalue weighted by Crippen LogP contribution is -2.49. The highest BCUT2D eigenvalue weighted by Gasteiger charge is 2.13. The summed E-state index contributed by atoms with van der Waals surface area (Å²) >= 11 is 0. The lowest BCUT2D eigenvalue weighted by molar-refractivity contribution is 0.705. The molecule has 0 aromatic carbocycles. The van der Waals surface area contributed by atoms with Crippen LogP contribution in [-0.4, -0.2) is 27.6 Å². The van der Waals surface area contributed by atoms with Gasteiger partial charge in [-0.25, -0.2) is 5.01 Å². The molecule has 0 saturated heterocycles. The van der Waals surface area contributed by atoms with Gasteiger partial charge in [-0.3, -0.25) is 0 Å². The third kappa shape index (κ3) is 0.516. The predicted octanol–water partition coefficient (Wildman–Crippen LogP) is -2.63. The molecule has 0 bridgehead atoms. The minimum Gasteiger partial charge on any atom is -0.217 e. The fourth-order valence-corrected chi connectivity index (χ4v) is 0.989. The Hall–Kier alpha value is -2.12. The summed E-state index contributed by atoms with van der Waals surface area (Å²) in [6, 6.07) is 0. The monoisotopic (exact) mass is 162 g/mol. The Morgan fingerprint density at radius 1 is 0.917 bits per heavy atom. The Morgan fingerprint density at radius 3 is 2.08 bits per heavy atom. The van der Waals surface area contributed by atoms with Crippen molar-refractivity contribution < 1.29 is 0 Å². The second-order valence-corrected chi connectivity index (χ2v) is 2.15. The summed E-state index contributed by atoms with van der Waals surface area (Å²) in [5, 5.41) is 23.9. The van der Waals surface area contributed by atoms with Gasteiger partial charge in [-0.1, -0.05) is 0 Å². The predicted molar refractivity (Wildman–Crippen MR) is 37.5 cm³/mol. The summed E-state index contributed by atoms with van der Waals surface area (Å²) in [4.78, 5) is 0. The van der Waals surface area contributed by atoms with Gasteiger partial charge in [-0.05, 0) is 0 Å². The molecule has 0 saturated carbocycles. The Bertz CT molecular complexity index is 448. The summed E-state index contributed by atoms with van der Waals surface area (Å²) in [5.41, 5.74) is 0.810. The van der Waals surface area contributed by atoms with Crippen molar-refractivity contribution in [2.75, 3.05) is 5.01 Å². The normalized spacial score (nSPS) is 16.8. The van der Waals surface area contributed by atoms with Crippen LogP contribution in [0.3, 0.4) is 0 Å². The zero-order valence-electron chi connectivity index (χ0n) is 5.73. The molecular formula is C4H2N8. The standard InChI is InChI=1S/C4H2N8/c1-5-7-3-9-10-4-8-6-2-11(1)12(3)4/h1-2H. The average Bonchev–Trinajstić information content (AvgIpc) is 2.52. The van der Waals surface area contributed by atoms with Crippen LogP contribution >= 0.6 is 0 Å². The maximum Gasteiger partial charge on any atom is 0.291 e. The van der Waals surface area contributed by atoms with E-state index in [0.717, 1.165) is 0 Å². The number of rotatable bonds is 0. The van der Waals surface area contributed by atoms with Crippen LogP contribution < -0.4 is 16.2 Å².